The molecule has 2 aromatic carbocycles. The monoisotopic (exact) mass is 455 g/mol. The number of nitrogens with one attached hydrogen (secondary N) is 2. The van der Waals surface area contributed by atoms with Crippen LogP contribution in [0.5, 0.6) is 5.75 Å². The number of benzene rings is 2. The molecule has 2 N–H and O–H groups in total. The van der Waals surface area contributed by atoms with Gasteiger partial charge < -0.3 is 15.0 Å². The Morgan fingerprint density at radius 1 is 1.03 bits per heavy atom. The minimum absolute atomic E-state index is 0.0106. The summed E-state index contributed by atoms with van der Waals surface area (Å²) in [5, 5.41) is 5.84. The molecular formula is C25H33N3O3S. The number of rotatable bonds is 10. The lowest BCUT2D eigenvalue weighted by atomic mass is 10.1. The van der Waals surface area contributed by atoms with Gasteiger partial charge in [-0.2, -0.15) is 0 Å². The van der Waals surface area contributed by atoms with E-state index in [1.165, 1.54) is 0 Å². The minimum atomic E-state index is -0.355. The third-order valence-electron chi connectivity index (χ3n) is 4.57. The van der Waals surface area contributed by atoms with Crippen LogP contribution in [-0.4, -0.2) is 41.5 Å². The molecular weight excluding hydrogens is 422 g/mol. The summed E-state index contributed by atoms with van der Waals surface area (Å²) >= 11 is 5.33. The van der Waals surface area contributed by atoms with Gasteiger partial charge in [-0.1, -0.05) is 45.9 Å². The molecule has 0 atom stereocenters. The molecule has 0 aliphatic rings. The van der Waals surface area contributed by atoms with Gasteiger partial charge in [-0.15, -0.1) is 0 Å². The molecule has 0 spiro atoms. The largest absolute Gasteiger partial charge is 0.492 e. The molecule has 0 radical (unpaired) electrons. The van der Waals surface area contributed by atoms with E-state index in [0.717, 1.165) is 25.9 Å². The summed E-state index contributed by atoms with van der Waals surface area (Å²) in [5.41, 5.74) is 1.63. The molecule has 0 bridgehead atoms. The predicted octanol–water partition coefficient (Wildman–Crippen LogP) is 5.11. The van der Waals surface area contributed by atoms with Crippen LogP contribution in [0, 0.1) is 5.92 Å². The Labute approximate surface area is 196 Å². The second-order valence-corrected chi connectivity index (χ2v) is 8.39. The standard InChI is InChI=1S/C25H33N3O3S/c1-5-14-28(15-6-2)24(30)19-10-9-11-20(16-19)26-25(32)27-23(29)21-12-7-8-13-22(21)31-17-18(3)4/h7-13,16,18H,5-6,14-15,17H2,1-4H3,(H2,26,27,29,32). The molecule has 7 heteroatoms. The maximum atomic E-state index is 12.9. The van der Waals surface area contributed by atoms with E-state index in [0.29, 0.717) is 35.1 Å². The maximum absolute atomic E-state index is 12.9. The van der Waals surface area contributed by atoms with E-state index in [2.05, 4.69) is 24.5 Å². The van der Waals surface area contributed by atoms with Crippen molar-refractivity contribution in [2.24, 2.45) is 5.92 Å². The molecule has 2 rings (SSSR count). The van der Waals surface area contributed by atoms with Gasteiger partial charge in [-0.25, -0.2) is 0 Å². The highest BCUT2D eigenvalue weighted by Crippen LogP contribution is 2.19. The van der Waals surface area contributed by atoms with E-state index in [1.54, 1.807) is 42.5 Å². The molecule has 0 aliphatic heterocycles. The highest BCUT2D eigenvalue weighted by atomic mass is 32.1. The molecule has 0 unspecified atom stereocenters. The van der Waals surface area contributed by atoms with Crippen molar-refractivity contribution in [2.45, 2.75) is 40.5 Å². The summed E-state index contributed by atoms with van der Waals surface area (Å²) in [5.74, 6) is 0.491. The zero-order valence-electron chi connectivity index (χ0n) is 19.3. The van der Waals surface area contributed by atoms with Gasteiger partial charge in [0.1, 0.15) is 5.75 Å². The zero-order chi connectivity index (χ0) is 23.5. The van der Waals surface area contributed by atoms with Crippen LogP contribution in [0.1, 0.15) is 61.3 Å². The van der Waals surface area contributed by atoms with E-state index in [-0.39, 0.29) is 16.9 Å². The fourth-order valence-electron chi connectivity index (χ4n) is 3.14. The van der Waals surface area contributed by atoms with Gasteiger partial charge in [0, 0.05) is 24.3 Å². The number of para-hydroxylation sites is 1. The Hall–Kier alpha value is -2.93. The van der Waals surface area contributed by atoms with Crippen LogP contribution in [-0.2, 0) is 0 Å². The molecule has 0 aromatic heterocycles. The SMILES string of the molecule is CCCN(CCC)C(=O)c1cccc(NC(=S)NC(=O)c2ccccc2OCC(C)C)c1. The first-order chi connectivity index (χ1) is 15.3. The molecule has 32 heavy (non-hydrogen) atoms. The fourth-order valence-corrected chi connectivity index (χ4v) is 3.35. The Morgan fingerprint density at radius 3 is 2.38 bits per heavy atom. The molecule has 2 amide bonds. The highest BCUT2D eigenvalue weighted by molar-refractivity contribution is 7.80. The molecule has 0 fully saturated rings. The number of anilines is 1. The normalized spacial score (nSPS) is 10.5. The Balaban J connectivity index is 2.05. The van der Waals surface area contributed by atoms with Crippen molar-refractivity contribution in [1.82, 2.24) is 10.2 Å². The summed E-state index contributed by atoms with van der Waals surface area (Å²) in [6, 6.07) is 14.2. The lowest BCUT2D eigenvalue weighted by Crippen LogP contribution is -2.34. The van der Waals surface area contributed by atoms with Crippen LogP contribution in [0.4, 0.5) is 5.69 Å². The van der Waals surface area contributed by atoms with Gasteiger partial charge in [0.15, 0.2) is 5.11 Å². The van der Waals surface area contributed by atoms with Crippen molar-refractivity contribution in [1.29, 1.82) is 0 Å². The molecule has 0 heterocycles. The van der Waals surface area contributed by atoms with E-state index >= 15 is 0 Å². The quantitative estimate of drug-likeness (QED) is 0.487. The number of carbonyl (C=O) groups is 2. The van der Waals surface area contributed by atoms with Gasteiger partial charge in [0.25, 0.3) is 11.8 Å². The number of ether oxygens (including phenoxy) is 1. The average molecular weight is 456 g/mol. The first-order valence-corrected chi connectivity index (χ1v) is 11.5. The summed E-state index contributed by atoms with van der Waals surface area (Å²) in [6.45, 7) is 10.2. The highest BCUT2D eigenvalue weighted by Gasteiger charge is 2.16. The van der Waals surface area contributed by atoms with Gasteiger partial charge in [-0.3, -0.25) is 14.9 Å². The van der Waals surface area contributed by atoms with Crippen molar-refractivity contribution >= 4 is 34.8 Å². The van der Waals surface area contributed by atoms with Crippen LogP contribution >= 0.6 is 12.2 Å². The second kappa shape index (κ2) is 12.8. The molecule has 0 saturated carbocycles. The first-order valence-electron chi connectivity index (χ1n) is 11.1. The van der Waals surface area contributed by atoms with Crippen LogP contribution < -0.4 is 15.4 Å². The van der Waals surface area contributed by atoms with Gasteiger partial charge in [0.2, 0.25) is 0 Å². The van der Waals surface area contributed by atoms with E-state index in [9.17, 15) is 9.59 Å². The van der Waals surface area contributed by atoms with E-state index in [1.807, 2.05) is 24.8 Å². The lowest BCUT2D eigenvalue weighted by molar-refractivity contribution is 0.0755. The summed E-state index contributed by atoms with van der Waals surface area (Å²) in [7, 11) is 0. The molecule has 6 nitrogen and oxygen atoms in total. The number of amides is 2. The Kier molecular flexibility index (Phi) is 10.1. The first kappa shape index (κ1) is 25.3. The molecule has 2 aromatic rings. The van der Waals surface area contributed by atoms with E-state index in [4.69, 9.17) is 17.0 Å². The average Bonchev–Trinajstić information content (AvgIpc) is 2.77. The zero-order valence-corrected chi connectivity index (χ0v) is 20.1. The number of carbonyl (C=O) groups excluding carboxylic acids is 2. The number of nitrogens with zero attached hydrogens (tertiary/aromatic N) is 1. The van der Waals surface area contributed by atoms with Crippen LogP contribution in [0.25, 0.3) is 0 Å². The smallest absolute Gasteiger partial charge is 0.261 e. The van der Waals surface area contributed by atoms with Gasteiger partial charge in [0.05, 0.1) is 12.2 Å². The van der Waals surface area contributed by atoms with Crippen LogP contribution in [0.3, 0.4) is 0 Å². The number of thiocarbonyl (C=S) groups is 1. The Morgan fingerprint density at radius 2 is 1.72 bits per heavy atom. The van der Waals surface area contributed by atoms with Gasteiger partial charge in [-0.05, 0) is 61.3 Å². The van der Waals surface area contributed by atoms with Crippen molar-refractivity contribution in [2.75, 3.05) is 25.0 Å². The second-order valence-electron chi connectivity index (χ2n) is 7.98. The van der Waals surface area contributed by atoms with E-state index < -0.39 is 0 Å². The van der Waals surface area contributed by atoms with Crippen molar-refractivity contribution < 1.29 is 14.3 Å². The molecule has 0 saturated heterocycles. The lowest BCUT2D eigenvalue weighted by Gasteiger charge is -2.22. The molecule has 172 valence electrons. The predicted molar refractivity (Wildman–Crippen MR) is 133 cm³/mol. The van der Waals surface area contributed by atoms with Gasteiger partial charge >= 0.3 is 0 Å². The van der Waals surface area contributed by atoms with Crippen molar-refractivity contribution in [3.63, 3.8) is 0 Å². The van der Waals surface area contributed by atoms with Crippen LogP contribution in [0.15, 0.2) is 48.5 Å². The van der Waals surface area contributed by atoms with Crippen molar-refractivity contribution in [3.8, 4) is 5.75 Å². The fraction of sp³-hybridized carbons (Fsp3) is 0.400. The summed E-state index contributed by atoms with van der Waals surface area (Å²) < 4.78 is 5.76. The Bertz CT molecular complexity index is 924. The summed E-state index contributed by atoms with van der Waals surface area (Å²) in [6.07, 6.45) is 1.81. The third kappa shape index (κ3) is 7.64. The third-order valence-corrected chi connectivity index (χ3v) is 4.78. The van der Waals surface area contributed by atoms with Crippen molar-refractivity contribution in [3.05, 3.63) is 59.7 Å². The number of hydrogen-bond donors (Lipinski definition) is 2. The maximum Gasteiger partial charge on any atom is 0.261 e. The minimum Gasteiger partial charge on any atom is -0.492 e. The topological polar surface area (TPSA) is 70.7 Å². The molecule has 0 aliphatic carbocycles. The van der Waals surface area contributed by atoms with Crippen LogP contribution in [0.2, 0.25) is 0 Å². The summed E-state index contributed by atoms with van der Waals surface area (Å²) in [4.78, 5) is 27.4. The number of hydrogen-bond acceptors (Lipinski definition) is 4.